The zero-order chi connectivity index (χ0) is 17.9. The second kappa shape index (κ2) is 10.5. The Bertz CT molecular complexity index is 660. The molecule has 0 aliphatic carbocycles. The molecule has 0 radical (unpaired) electrons. The summed E-state index contributed by atoms with van der Waals surface area (Å²) in [7, 11) is 0. The molecule has 0 atom stereocenters. The average molecular weight is 351 g/mol. The number of halogens is 2. The second-order valence-electron chi connectivity index (χ2n) is 5.34. The number of nitrogens with zero attached hydrogens (tertiary/aromatic N) is 1. The van der Waals surface area contributed by atoms with Crippen LogP contribution in [0.5, 0.6) is 0 Å². The van der Waals surface area contributed by atoms with Crippen molar-refractivity contribution in [2.75, 3.05) is 19.7 Å². The molecule has 0 amide bonds. The van der Waals surface area contributed by atoms with Crippen LogP contribution in [-0.2, 0) is 17.9 Å². The molecule has 7 heteroatoms. The molecule has 1 aromatic heterocycles. The molecule has 0 spiro atoms. The summed E-state index contributed by atoms with van der Waals surface area (Å²) in [4.78, 5) is 4.28. The molecule has 2 rings (SSSR count). The Balaban J connectivity index is 1.72. The maximum atomic E-state index is 13.6. The van der Waals surface area contributed by atoms with Gasteiger partial charge < -0.3 is 19.8 Å². The number of nitrogens with one attached hydrogen (secondary N) is 2. The van der Waals surface area contributed by atoms with Crippen LogP contribution >= 0.6 is 0 Å². The smallest absolute Gasteiger partial charge is 0.191 e. The van der Waals surface area contributed by atoms with Crippen LogP contribution in [0.1, 0.15) is 24.7 Å². The lowest BCUT2D eigenvalue weighted by molar-refractivity contribution is 0.105. The number of hydrogen-bond acceptors (Lipinski definition) is 3. The summed E-state index contributed by atoms with van der Waals surface area (Å²) >= 11 is 0. The van der Waals surface area contributed by atoms with E-state index in [0.29, 0.717) is 32.3 Å². The lowest BCUT2D eigenvalue weighted by Gasteiger charge is -2.11. The molecule has 5 nitrogen and oxygen atoms in total. The maximum absolute atomic E-state index is 13.6. The van der Waals surface area contributed by atoms with E-state index < -0.39 is 11.6 Å². The highest BCUT2D eigenvalue weighted by Gasteiger charge is 2.04. The third kappa shape index (κ3) is 6.93. The number of rotatable bonds is 9. The van der Waals surface area contributed by atoms with Gasteiger partial charge in [-0.05, 0) is 43.7 Å². The van der Waals surface area contributed by atoms with Crippen LogP contribution in [0.3, 0.4) is 0 Å². The van der Waals surface area contributed by atoms with Crippen molar-refractivity contribution in [3.05, 3.63) is 59.6 Å². The van der Waals surface area contributed by atoms with Gasteiger partial charge in [0.05, 0.1) is 12.8 Å². The lowest BCUT2D eigenvalue weighted by Crippen LogP contribution is -2.38. The molecule has 0 fully saturated rings. The van der Waals surface area contributed by atoms with Crippen molar-refractivity contribution in [2.45, 2.75) is 26.5 Å². The molecule has 136 valence electrons. The summed E-state index contributed by atoms with van der Waals surface area (Å²) < 4.78 is 37.5. The van der Waals surface area contributed by atoms with E-state index in [1.165, 1.54) is 0 Å². The van der Waals surface area contributed by atoms with Crippen molar-refractivity contribution in [3.63, 3.8) is 0 Å². The molecule has 0 saturated heterocycles. The number of hydrogen-bond donors (Lipinski definition) is 2. The van der Waals surface area contributed by atoms with Crippen LogP contribution in [0.2, 0.25) is 0 Å². The van der Waals surface area contributed by atoms with Crippen LogP contribution in [0.4, 0.5) is 8.78 Å². The van der Waals surface area contributed by atoms with Crippen molar-refractivity contribution in [1.29, 1.82) is 0 Å². The summed E-state index contributed by atoms with van der Waals surface area (Å²) in [5, 5.41) is 6.21. The minimum atomic E-state index is -0.474. The third-order valence-electron chi connectivity index (χ3n) is 3.34. The van der Waals surface area contributed by atoms with E-state index in [0.717, 1.165) is 30.4 Å². The Morgan fingerprint density at radius 3 is 2.88 bits per heavy atom. The van der Waals surface area contributed by atoms with Gasteiger partial charge in [0.25, 0.3) is 0 Å². The highest BCUT2D eigenvalue weighted by Crippen LogP contribution is 2.10. The Labute approximate surface area is 146 Å². The van der Waals surface area contributed by atoms with Gasteiger partial charge in [-0.1, -0.05) is 0 Å². The Morgan fingerprint density at radius 2 is 2.12 bits per heavy atom. The topological polar surface area (TPSA) is 58.8 Å². The van der Waals surface area contributed by atoms with Gasteiger partial charge in [-0.3, -0.25) is 0 Å². The number of furan rings is 1. The minimum absolute atomic E-state index is 0.0634. The van der Waals surface area contributed by atoms with E-state index in [1.54, 1.807) is 6.26 Å². The Hall–Kier alpha value is -2.41. The molecular formula is C18H23F2N3O2. The molecule has 2 aromatic rings. The predicted molar refractivity (Wildman–Crippen MR) is 92.2 cm³/mol. The molecule has 1 aromatic carbocycles. The monoisotopic (exact) mass is 351 g/mol. The van der Waals surface area contributed by atoms with Gasteiger partial charge in [0.15, 0.2) is 5.96 Å². The summed E-state index contributed by atoms with van der Waals surface area (Å²) in [6.07, 6.45) is 2.39. The van der Waals surface area contributed by atoms with Crippen LogP contribution < -0.4 is 10.6 Å². The van der Waals surface area contributed by atoms with Gasteiger partial charge in [-0.25, -0.2) is 13.8 Å². The van der Waals surface area contributed by atoms with Crippen molar-refractivity contribution < 1.29 is 17.9 Å². The first-order chi connectivity index (χ1) is 12.2. The lowest BCUT2D eigenvalue weighted by atomic mass is 10.2. The first kappa shape index (κ1) is 18.9. The highest BCUT2D eigenvalue weighted by atomic mass is 19.1. The van der Waals surface area contributed by atoms with Gasteiger partial charge in [0, 0.05) is 25.3 Å². The normalized spacial score (nSPS) is 11.6. The molecule has 0 bridgehead atoms. The molecule has 0 unspecified atom stereocenters. The summed E-state index contributed by atoms with van der Waals surface area (Å²) in [5.41, 5.74) is 0.221. The fourth-order valence-electron chi connectivity index (χ4n) is 2.12. The quantitative estimate of drug-likeness (QED) is 0.414. The molecule has 2 N–H and O–H groups in total. The van der Waals surface area contributed by atoms with Gasteiger partial charge >= 0.3 is 0 Å². The summed E-state index contributed by atoms with van der Waals surface area (Å²) in [5.74, 6) is 0.405. The molecule has 0 saturated carbocycles. The van der Waals surface area contributed by atoms with Crippen molar-refractivity contribution in [1.82, 2.24) is 10.6 Å². The highest BCUT2D eigenvalue weighted by molar-refractivity contribution is 5.79. The Kier molecular flexibility index (Phi) is 7.91. The largest absolute Gasteiger partial charge is 0.467 e. The second-order valence-corrected chi connectivity index (χ2v) is 5.34. The predicted octanol–water partition coefficient (Wildman–Crippen LogP) is 3.22. The van der Waals surface area contributed by atoms with Crippen LogP contribution in [-0.4, -0.2) is 25.7 Å². The fourth-order valence-corrected chi connectivity index (χ4v) is 2.12. The van der Waals surface area contributed by atoms with Crippen molar-refractivity contribution >= 4 is 5.96 Å². The summed E-state index contributed by atoms with van der Waals surface area (Å²) in [6.45, 7) is 4.34. The molecule has 0 aliphatic heterocycles. The van der Waals surface area contributed by atoms with Gasteiger partial charge in [-0.15, -0.1) is 0 Å². The molecule has 1 heterocycles. The zero-order valence-electron chi connectivity index (χ0n) is 14.2. The van der Waals surface area contributed by atoms with Crippen molar-refractivity contribution in [2.24, 2.45) is 4.99 Å². The zero-order valence-corrected chi connectivity index (χ0v) is 14.2. The van der Waals surface area contributed by atoms with Gasteiger partial charge in [0.1, 0.15) is 24.0 Å². The first-order valence-electron chi connectivity index (χ1n) is 8.25. The average Bonchev–Trinajstić information content (AvgIpc) is 3.11. The fraction of sp³-hybridized carbons (Fsp3) is 0.389. The molecule has 0 aliphatic rings. The Morgan fingerprint density at radius 1 is 1.24 bits per heavy atom. The van der Waals surface area contributed by atoms with E-state index in [-0.39, 0.29) is 12.1 Å². The number of ether oxygens (including phenoxy) is 1. The van der Waals surface area contributed by atoms with E-state index in [4.69, 9.17) is 9.15 Å². The van der Waals surface area contributed by atoms with E-state index in [1.807, 2.05) is 19.1 Å². The number of aliphatic imine (C=N–C) groups is 1. The first-order valence-corrected chi connectivity index (χ1v) is 8.25. The van der Waals surface area contributed by atoms with Gasteiger partial charge in [-0.2, -0.15) is 0 Å². The maximum Gasteiger partial charge on any atom is 0.191 e. The van der Waals surface area contributed by atoms with Gasteiger partial charge in [0.2, 0.25) is 0 Å². The van der Waals surface area contributed by atoms with Crippen LogP contribution in [0, 0.1) is 11.6 Å². The standard InChI is InChI=1S/C18H23F2N3O2/c1-2-21-18(23-12-14-11-15(19)6-7-17(14)20)22-8-4-9-24-13-16-5-3-10-25-16/h3,5-7,10-11H,2,4,8-9,12-13H2,1H3,(H2,21,22,23). The van der Waals surface area contributed by atoms with Crippen molar-refractivity contribution in [3.8, 4) is 0 Å². The number of benzene rings is 1. The van der Waals surface area contributed by atoms with E-state index >= 15 is 0 Å². The van der Waals surface area contributed by atoms with E-state index in [2.05, 4.69) is 15.6 Å². The van der Waals surface area contributed by atoms with Crippen LogP contribution in [0.15, 0.2) is 46.0 Å². The minimum Gasteiger partial charge on any atom is -0.467 e. The van der Waals surface area contributed by atoms with Crippen LogP contribution in [0.25, 0.3) is 0 Å². The summed E-state index contributed by atoms with van der Waals surface area (Å²) in [6, 6.07) is 7.04. The molecular weight excluding hydrogens is 328 g/mol. The third-order valence-corrected chi connectivity index (χ3v) is 3.34. The van der Waals surface area contributed by atoms with E-state index in [9.17, 15) is 8.78 Å². The molecule has 25 heavy (non-hydrogen) atoms. The number of guanidine groups is 1. The SMILES string of the molecule is CCNC(=NCc1cc(F)ccc1F)NCCCOCc1ccco1.